The van der Waals surface area contributed by atoms with Gasteiger partial charge in [0.05, 0.1) is 11.1 Å². The van der Waals surface area contributed by atoms with Gasteiger partial charge in [0.25, 0.3) is 15.9 Å². The third-order valence-corrected chi connectivity index (χ3v) is 5.32. The highest BCUT2D eigenvalue weighted by molar-refractivity contribution is 7.92. The van der Waals surface area contributed by atoms with E-state index in [1.54, 1.807) is 60.4 Å². The van der Waals surface area contributed by atoms with Gasteiger partial charge in [0, 0.05) is 36.6 Å². The van der Waals surface area contributed by atoms with Crippen molar-refractivity contribution in [3.8, 4) is 0 Å². The Kier molecular flexibility index (Phi) is 5.27. The normalized spacial score (nSPS) is 11.2. The maximum atomic E-state index is 12.5. The predicted octanol–water partition coefficient (Wildman–Crippen LogP) is 2.46. The number of carbonyl (C=O) groups is 1. The molecule has 2 N–H and O–H groups in total. The molecule has 1 heterocycles. The van der Waals surface area contributed by atoms with Crippen LogP contribution in [-0.2, 0) is 23.6 Å². The fraction of sp³-hybridized carbons (Fsp3) is 0.158. The maximum Gasteiger partial charge on any atom is 0.261 e. The summed E-state index contributed by atoms with van der Waals surface area (Å²) in [5.74, 6) is -0.296. The van der Waals surface area contributed by atoms with Crippen LogP contribution >= 0.6 is 0 Å². The first kappa shape index (κ1) is 18.7. The number of nitrogens with one attached hydrogen (secondary N) is 2. The molecule has 0 fully saturated rings. The van der Waals surface area contributed by atoms with Gasteiger partial charge in [-0.05, 0) is 37.3 Å². The zero-order valence-corrected chi connectivity index (χ0v) is 15.8. The smallest absolute Gasteiger partial charge is 0.261 e. The summed E-state index contributed by atoms with van der Waals surface area (Å²) in [6, 6.07) is 12.9. The summed E-state index contributed by atoms with van der Waals surface area (Å²) in [5.41, 5.74) is 2.54. The van der Waals surface area contributed by atoms with Gasteiger partial charge in [-0.25, -0.2) is 8.42 Å². The van der Waals surface area contributed by atoms with E-state index in [1.807, 2.05) is 13.1 Å². The number of benzene rings is 2. The molecule has 1 aromatic heterocycles. The molecule has 0 aliphatic heterocycles. The fourth-order valence-electron chi connectivity index (χ4n) is 2.50. The monoisotopic (exact) mass is 384 g/mol. The van der Waals surface area contributed by atoms with Gasteiger partial charge in [-0.15, -0.1) is 0 Å². The van der Waals surface area contributed by atoms with Gasteiger partial charge >= 0.3 is 0 Å². The average molecular weight is 384 g/mol. The number of sulfonamides is 1. The van der Waals surface area contributed by atoms with E-state index in [0.29, 0.717) is 17.8 Å². The van der Waals surface area contributed by atoms with E-state index >= 15 is 0 Å². The molecule has 0 aliphatic carbocycles. The minimum absolute atomic E-state index is 0.166. The van der Waals surface area contributed by atoms with E-state index in [-0.39, 0.29) is 10.8 Å². The number of aryl methyl sites for hydroxylation is 2. The lowest BCUT2D eigenvalue weighted by molar-refractivity contribution is 0.0951. The van der Waals surface area contributed by atoms with Crippen molar-refractivity contribution < 1.29 is 13.2 Å². The summed E-state index contributed by atoms with van der Waals surface area (Å²) in [7, 11) is -1.92. The second-order valence-corrected chi connectivity index (χ2v) is 7.89. The van der Waals surface area contributed by atoms with E-state index in [4.69, 9.17) is 0 Å². The lowest BCUT2D eigenvalue weighted by Crippen LogP contribution is -2.22. The third-order valence-electron chi connectivity index (χ3n) is 3.92. The van der Waals surface area contributed by atoms with Crippen molar-refractivity contribution in [3.63, 3.8) is 0 Å². The number of anilines is 1. The van der Waals surface area contributed by atoms with Crippen LogP contribution in [0.25, 0.3) is 0 Å². The lowest BCUT2D eigenvalue weighted by atomic mass is 10.2. The molecule has 0 saturated heterocycles. The Hall–Kier alpha value is -3.13. The summed E-state index contributed by atoms with van der Waals surface area (Å²) in [5, 5.41) is 6.83. The molecule has 0 atom stereocenters. The molecule has 3 aromatic rings. The number of carbonyl (C=O) groups excluding carboxylic acids is 1. The lowest BCUT2D eigenvalue weighted by Gasteiger charge is -2.10. The van der Waals surface area contributed by atoms with Crippen molar-refractivity contribution in [2.75, 3.05) is 4.72 Å². The second-order valence-electron chi connectivity index (χ2n) is 6.20. The molecule has 3 rings (SSSR count). The Morgan fingerprint density at radius 3 is 2.56 bits per heavy atom. The zero-order valence-electron chi connectivity index (χ0n) is 15.0. The molecule has 140 valence electrons. The first-order valence-corrected chi connectivity index (χ1v) is 9.77. The van der Waals surface area contributed by atoms with Gasteiger partial charge in [0.15, 0.2) is 0 Å². The predicted molar refractivity (Wildman–Crippen MR) is 103 cm³/mol. The standard InChI is InChI=1S/C19H20N4O3S/c1-14-6-8-18(9-7-14)27(25,26)22-17-5-3-4-16(10-17)19(24)20-11-15-12-21-23(2)13-15/h3-10,12-13,22H,11H2,1-2H3,(H,20,24). The van der Waals surface area contributed by atoms with E-state index in [9.17, 15) is 13.2 Å². The van der Waals surface area contributed by atoms with Crippen molar-refractivity contribution in [1.29, 1.82) is 0 Å². The summed E-state index contributed by atoms with van der Waals surface area (Å²) >= 11 is 0. The Bertz CT molecular complexity index is 1060. The topological polar surface area (TPSA) is 93.1 Å². The van der Waals surface area contributed by atoms with Crippen LogP contribution in [0.15, 0.2) is 65.8 Å². The van der Waals surface area contributed by atoms with Crippen LogP contribution in [0.2, 0.25) is 0 Å². The molecule has 8 heteroatoms. The molecule has 0 aliphatic rings. The highest BCUT2D eigenvalue weighted by atomic mass is 32.2. The molecule has 27 heavy (non-hydrogen) atoms. The zero-order chi connectivity index (χ0) is 19.4. The number of hydrogen-bond donors (Lipinski definition) is 2. The summed E-state index contributed by atoms with van der Waals surface area (Å²) < 4.78 is 29.1. The Balaban J connectivity index is 1.71. The van der Waals surface area contributed by atoms with Gasteiger partial charge in [0.1, 0.15) is 0 Å². The van der Waals surface area contributed by atoms with Gasteiger partial charge in [-0.1, -0.05) is 23.8 Å². The average Bonchev–Trinajstić information content (AvgIpc) is 3.05. The minimum Gasteiger partial charge on any atom is -0.348 e. The van der Waals surface area contributed by atoms with Crippen molar-refractivity contribution in [2.24, 2.45) is 7.05 Å². The molecule has 1 amide bonds. The molecule has 2 aromatic carbocycles. The SMILES string of the molecule is Cc1ccc(S(=O)(=O)Nc2cccc(C(=O)NCc3cnn(C)c3)c2)cc1. The van der Waals surface area contributed by atoms with E-state index < -0.39 is 10.0 Å². The first-order valence-electron chi connectivity index (χ1n) is 8.29. The Labute approximate surface area is 158 Å². The van der Waals surface area contributed by atoms with Crippen LogP contribution < -0.4 is 10.0 Å². The van der Waals surface area contributed by atoms with Crippen LogP contribution in [0.3, 0.4) is 0 Å². The molecular formula is C19H20N4O3S. The molecule has 0 saturated carbocycles. The van der Waals surface area contributed by atoms with Crippen LogP contribution in [-0.4, -0.2) is 24.1 Å². The van der Waals surface area contributed by atoms with E-state index in [1.165, 1.54) is 6.07 Å². The van der Waals surface area contributed by atoms with Crippen molar-refractivity contribution in [2.45, 2.75) is 18.4 Å². The first-order chi connectivity index (χ1) is 12.8. The van der Waals surface area contributed by atoms with Crippen molar-refractivity contribution in [3.05, 3.63) is 77.6 Å². The second kappa shape index (κ2) is 7.63. The largest absolute Gasteiger partial charge is 0.348 e. The fourth-order valence-corrected chi connectivity index (χ4v) is 3.55. The van der Waals surface area contributed by atoms with Crippen molar-refractivity contribution in [1.82, 2.24) is 15.1 Å². The summed E-state index contributed by atoms with van der Waals surface area (Å²) in [6.07, 6.45) is 3.48. The minimum atomic E-state index is -3.72. The molecule has 0 spiro atoms. The van der Waals surface area contributed by atoms with Crippen LogP contribution in [0.5, 0.6) is 0 Å². The van der Waals surface area contributed by atoms with Crippen LogP contribution in [0.4, 0.5) is 5.69 Å². The molecule has 0 bridgehead atoms. The highest BCUT2D eigenvalue weighted by Crippen LogP contribution is 2.18. The maximum absolute atomic E-state index is 12.5. The number of aromatic nitrogens is 2. The quantitative estimate of drug-likeness (QED) is 0.683. The summed E-state index contributed by atoms with van der Waals surface area (Å²) in [4.78, 5) is 12.5. The third kappa shape index (κ3) is 4.73. The van der Waals surface area contributed by atoms with E-state index in [0.717, 1.165) is 11.1 Å². The number of nitrogens with zero attached hydrogens (tertiary/aromatic N) is 2. The van der Waals surface area contributed by atoms with Crippen LogP contribution in [0, 0.1) is 6.92 Å². The molecule has 0 unspecified atom stereocenters. The van der Waals surface area contributed by atoms with Crippen molar-refractivity contribution >= 4 is 21.6 Å². The van der Waals surface area contributed by atoms with Gasteiger partial charge < -0.3 is 5.32 Å². The van der Waals surface area contributed by atoms with E-state index in [2.05, 4.69) is 15.1 Å². The highest BCUT2D eigenvalue weighted by Gasteiger charge is 2.15. The molecular weight excluding hydrogens is 364 g/mol. The van der Waals surface area contributed by atoms with Crippen LogP contribution in [0.1, 0.15) is 21.5 Å². The Morgan fingerprint density at radius 1 is 1.15 bits per heavy atom. The number of amides is 1. The number of hydrogen-bond acceptors (Lipinski definition) is 4. The molecule has 0 radical (unpaired) electrons. The number of rotatable bonds is 6. The van der Waals surface area contributed by atoms with Gasteiger partial charge in [-0.3, -0.25) is 14.2 Å². The summed E-state index contributed by atoms with van der Waals surface area (Å²) in [6.45, 7) is 2.23. The molecule has 7 nitrogen and oxygen atoms in total. The van der Waals surface area contributed by atoms with Gasteiger partial charge in [0.2, 0.25) is 0 Å². The Morgan fingerprint density at radius 2 is 1.89 bits per heavy atom. The van der Waals surface area contributed by atoms with Gasteiger partial charge in [-0.2, -0.15) is 5.10 Å².